The molecule has 2 aromatic carbocycles. The molecule has 3 rings (SSSR count). The van der Waals surface area contributed by atoms with Crippen molar-refractivity contribution in [2.75, 3.05) is 0 Å². The molecule has 1 aromatic heterocycles. The zero-order valence-corrected chi connectivity index (χ0v) is 15.7. The third kappa shape index (κ3) is 3.44. The number of rotatable bonds is 4. The lowest BCUT2D eigenvalue weighted by atomic mass is 10.0. The average molecular weight is 406 g/mol. The summed E-state index contributed by atoms with van der Waals surface area (Å²) >= 11 is 3.30. The Kier molecular flexibility index (Phi) is 4.60. The van der Waals surface area contributed by atoms with E-state index in [1.807, 2.05) is 43.3 Å². The molecular weight excluding hydrogens is 390 g/mol. The highest BCUT2D eigenvalue weighted by atomic mass is 79.9. The summed E-state index contributed by atoms with van der Waals surface area (Å²) in [5.41, 5.74) is 3.85. The number of hydrogen-bond acceptors (Lipinski definition) is 4. The second-order valence-electron chi connectivity index (χ2n) is 5.65. The van der Waals surface area contributed by atoms with Crippen LogP contribution < -0.4 is 0 Å². The summed E-state index contributed by atoms with van der Waals surface area (Å²) in [6.45, 7) is 3.78. The smallest absolute Gasteiger partial charge is 0.185 e. The van der Waals surface area contributed by atoms with Gasteiger partial charge in [0.25, 0.3) is 0 Å². The predicted octanol–water partition coefficient (Wildman–Crippen LogP) is 4.69. The molecule has 24 heavy (non-hydrogen) atoms. The van der Waals surface area contributed by atoms with Gasteiger partial charge in [0.2, 0.25) is 0 Å². The van der Waals surface area contributed by atoms with Gasteiger partial charge in [-0.2, -0.15) is 0 Å². The molecule has 0 saturated heterocycles. The van der Waals surface area contributed by atoms with Crippen molar-refractivity contribution >= 4 is 25.8 Å². The Morgan fingerprint density at radius 2 is 1.50 bits per heavy atom. The number of sulfone groups is 1. The van der Waals surface area contributed by atoms with Gasteiger partial charge in [-0.25, -0.2) is 8.42 Å². The van der Waals surface area contributed by atoms with Crippen LogP contribution in [-0.4, -0.2) is 13.6 Å². The van der Waals surface area contributed by atoms with E-state index >= 15 is 0 Å². The quantitative estimate of drug-likeness (QED) is 0.631. The van der Waals surface area contributed by atoms with Crippen molar-refractivity contribution in [1.29, 1.82) is 0 Å². The van der Waals surface area contributed by atoms with Crippen molar-refractivity contribution in [2.45, 2.75) is 24.5 Å². The molecule has 0 amide bonds. The highest BCUT2D eigenvalue weighted by molar-refractivity contribution is 9.10. The normalized spacial score (nSPS) is 11.6. The van der Waals surface area contributed by atoms with Crippen molar-refractivity contribution < 1.29 is 12.9 Å². The van der Waals surface area contributed by atoms with Gasteiger partial charge >= 0.3 is 0 Å². The minimum absolute atomic E-state index is 0.224. The lowest BCUT2D eigenvalue weighted by Gasteiger charge is -2.06. The second kappa shape index (κ2) is 6.53. The maximum Gasteiger partial charge on any atom is 0.185 e. The van der Waals surface area contributed by atoms with Gasteiger partial charge in [0.1, 0.15) is 5.75 Å². The minimum atomic E-state index is -3.49. The number of aromatic nitrogens is 1. The molecule has 0 atom stereocenters. The van der Waals surface area contributed by atoms with Crippen LogP contribution in [0.2, 0.25) is 0 Å². The number of benzene rings is 2. The van der Waals surface area contributed by atoms with Gasteiger partial charge in [-0.15, -0.1) is 0 Å². The molecule has 124 valence electrons. The summed E-state index contributed by atoms with van der Waals surface area (Å²) in [6.07, 6.45) is 0. The van der Waals surface area contributed by atoms with Gasteiger partial charge in [0.05, 0.1) is 15.1 Å². The molecule has 6 heteroatoms. The van der Waals surface area contributed by atoms with Crippen LogP contribution in [0.3, 0.4) is 0 Å². The highest BCUT2D eigenvalue weighted by Gasteiger charge is 2.21. The van der Waals surface area contributed by atoms with E-state index in [1.165, 1.54) is 5.56 Å². The van der Waals surface area contributed by atoms with Gasteiger partial charge in [-0.1, -0.05) is 47.1 Å². The first-order valence-corrected chi connectivity index (χ1v) is 9.82. The summed E-state index contributed by atoms with van der Waals surface area (Å²) in [7, 11) is -3.49. The lowest BCUT2D eigenvalue weighted by molar-refractivity contribution is 0.388. The Morgan fingerprint density at radius 3 is 2.00 bits per heavy atom. The number of hydrogen-bond donors (Lipinski definition) is 0. The maximum absolute atomic E-state index is 12.5. The summed E-state index contributed by atoms with van der Waals surface area (Å²) in [4.78, 5) is 0.263. The van der Waals surface area contributed by atoms with E-state index in [2.05, 4.69) is 21.1 Å². The van der Waals surface area contributed by atoms with Crippen molar-refractivity contribution in [1.82, 2.24) is 5.16 Å². The van der Waals surface area contributed by atoms with Gasteiger partial charge in [0.15, 0.2) is 15.6 Å². The molecule has 0 aliphatic heterocycles. The Labute approximate surface area is 149 Å². The van der Waals surface area contributed by atoms with E-state index < -0.39 is 9.84 Å². The van der Waals surface area contributed by atoms with Gasteiger partial charge in [0, 0.05) is 0 Å². The predicted molar refractivity (Wildman–Crippen MR) is 96.4 cm³/mol. The molecule has 0 radical (unpaired) electrons. The van der Waals surface area contributed by atoms with Crippen molar-refractivity contribution in [3.05, 3.63) is 70.0 Å². The zero-order valence-electron chi connectivity index (χ0n) is 13.3. The maximum atomic E-state index is 12.5. The molecular formula is C18H16BrNO3S. The Balaban J connectivity index is 1.86. The average Bonchev–Trinajstić information content (AvgIpc) is 2.87. The number of halogens is 1. The fraction of sp³-hybridized carbons (Fsp3) is 0.167. The standard InChI is InChI=1S/C18H16BrNO3S/c1-12-3-5-14(6-4-12)15-7-9-16(10-8-15)24(21,22)11-17-18(19)13(2)20-23-17/h3-10H,11H2,1-2H3. The molecule has 0 spiro atoms. The Morgan fingerprint density at radius 1 is 0.958 bits per heavy atom. The van der Waals surface area contributed by atoms with Crippen LogP contribution in [0.4, 0.5) is 0 Å². The molecule has 0 saturated carbocycles. The summed E-state index contributed by atoms with van der Waals surface area (Å²) in [6, 6.07) is 15.0. The molecule has 4 nitrogen and oxygen atoms in total. The molecule has 1 heterocycles. The van der Waals surface area contributed by atoms with E-state index in [-0.39, 0.29) is 10.6 Å². The molecule has 0 unspecified atom stereocenters. The summed E-state index contributed by atoms with van der Waals surface area (Å²) < 4.78 is 30.8. The number of aryl methyl sites for hydroxylation is 2. The minimum Gasteiger partial charge on any atom is -0.359 e. The third-order valence-electron chi connectivity index (χ3n) is 3.77. The van der Waals surface area contributed by atoms with Crippen LogP contribution in [-0.2, 0) is 15.6 Å². The van der Waals surface area contributed by atoms with Crippen molar-refractivity contribution in [3.8, 4) is 11.1 Å². The second-order valence-corrected chi connectivity index (χ2v) is 8.44. The van der Waals surface area contributed by atoms with E-state index in [9.17, 15) is 8.42 Å². The van der Waals surface area contributed by atoms with Crippen LogP contribution in [0.15, 0.2) is 62.4 Å². The highest BCUT2D eigenvalue weighted by Crippen LogP contribution is 2.27. The molecule has 0 bridgehead atoms. The fourth-order valence-corrected chi connectivity index (χ4v) is 4.08. The van der Waals surface area contributed by atoms with Crippen molar-refractivity contribution in [3.63, 3.8) is 0 Å². The van der Waals surface area contributed by atoms with Crippen molar-refractivity contribution in [2.24, 2.45) is 0 Å². The fourth-order valence-electron chi connectivity index (χ4n) is 2.35. The largest absolute Gasteiger partial charge is 0.359 e. The van der Waals surface area contributed by atoms with E-state index in [1.54, 1.807) is 19.1 Å². The first-order chi connectivity index (χ1) is 11.4. The first kappa shape index (κ1) is 16.9. The van der Waals surface area contributed by atoms with Crippen LogP contribution in [0, 0.1) is 13.8 Å². The van der Waals surface area contributed by atoms with Gasteiger partial charge in [-0.3, -0.25) is 0 Å². The molecule has 3 aromatic rings. The first-order valence-electron chi connectivity index (χ1n) is 7.37. The Hall–Kier alpha value is -1.92. The van der Waals surface area contributed by atoms with E-state index in [0.717, 1.165) is 11.1 Å². The van der Waals surface area contributed by atoms with Crippen LogP contribution in [0.5, 0.6) is 0 Å². The molecule has 0 N–H and O–H groups in total. The molecule has 0 fully saturated rings. The number of nitrogens with zero attached hydrogens (tertiary/aromatic N) is 1. The molecule has 0 aliphatic rings. The van der Waals surface area contributed by atoms with Gasteiger partial charge in [-0.05, 0) is 53.0 Å². The zero-order chi connectivity index (χ0) is 17.3. The third-order valence-corrected chi connectivity index (χ3v) is 6.42. The van der Waals surface area contributed by atoms with Crippen LogP contribution in [0.1, 0.15) is 17.0 Å². The monoisotopic (exact) mass is 405 g/mol. The summed E-state index contributed by atoms with van der Waals surface area (Å²) in [5.74, 6) is 0.0910. The van der Waals surface area contributed by atoms with Gasteiger partial charge < -0.3 is 4.52 Å². The SMILES string of the molecule is Cc1ccc(-c2ccc(S(=O)(=O)Cc3onc(C)c3Br)cc2)cc1. The summed E-state index contributed by atoms with van der Waals surface area (Å²) in [5, 5.41) is 3.77. The topological polar surface area (TPSA) is 60.2 Å². The molecule has 0 aliphatic carbocycles. The van der Waals surface area contributed by atoms with Crippen LogP contribution >= 0.6 is 15.9 Å². The lowest BCUT2D eigenvalue weighted by Crippen LogP contribution is -2.04. The van der Waals surface area contributed by atoms with E-state index in [0.29, 0.717) is 15.9 Å². The van der Waals surface area contributed by atoms with Crippen LogP contribution in [0.25, 0.3) is 11.1 Å². The van der Waals surface area contributed by atoms with E-state index in [4.69, 9.17) is 4.52 Å². The Bertz CT molecular complexity index is 959.